The Labute approximate surface area is 477 Å². The first-order valence-corrected chi connectivity index (χ1v) is 34.0. The number of hydrogen-bond acceptors (Lipinski definition) is 8. The van der Waals surface area contributed by atoms with Crippen molar-refractivity contribution < 1.29 is 39.8 Å². The fraction of sp³-hybridized carbons (Fsp3) is 0.926. The summed E-state index contributed by atoms with van der Waals surface area (Å²) in [5, 5.41) is 54.8. The van der Waals surface area contributed by atoms with E-state index in [1.54, 1.807) is 0 Å². The molecule has 1 aliphatic rings. The monoisotopic (exact) mass is 1090 g/mol. The van der Waals surface area contributed by atoms with Crippen LogP contribution in [0.25, 0.3) is 0 Å². The van der Waals surface area contributed by atoms with Gasteiger partial charge in [0.25, 0.3) is 0 Å². The molecule has 9 nitrogen and oxygen atoms in total. The molecule has 7 unspecified atom stereocenters. The normalized spacial score (nSPS) is 18.8. The molecule has 0 aliphatic carbocycles. The molecule has 0 bridgehead atoms. The van der Waals surface area contributed by atoms with Crippen LogP contribution < -0.4 is 5.32 Å². The van der Waals surface area contributed by atoms with Crippen LogP contribution in [0.2, 0.25) is 0 Å². The highest BCUT2D eigenvalue weighted by atomic mass is 16.7. The first-order valence-electron chi connectivity index (χ1n) is 34.0. The first kappa shape index (κ1) is 73.7. The smallest absolute Gasteiger partial charge is 0.220 e. The SMILES string of the molecule is CCCCCCC/C=C\C/C=C\CCCCCCCCCCCCCCCCCCCCCCCCCCCC(=O)NC(COC1OC(CO)C(O)C(O)C1O)C(O)CCCCCCCCCCCCCCCCCCC. The Kier molecular flexibility index (Phi) is 55.4. The van der Waals surface area contributed by atoms with Gasteiger partial charge in [-0.2, -0.15) is 0 Å². The number of allylic oxidation sites excluding steroid dienone is 4. The number of amides is 1. The van der Waals surface area contributed by atoms with E-state index in [9.17, 15) is 30.3 Å². The summed E-state index contributed by atoms with van der Waals surface area (Å²) in [5.74, 6) is -0.136. The summed E-state index contributed by atoms with van der Waals surface area (Å²) < 4.78 is 11.3. The molecule has 1 fully saturated rings. The Morgan fingerprint density at radius 1 is 0.442 bits per heavy atom. The van der Waals surface area contributed by atoms with E-state index in [0.29, 0.717) is 12.8 Å². The predicted octanol–water partition coefficient (Wildman–Crippen LogP) is 18.1. The molecular formula is C68H131NO8. The maximum Gasteiger partial charge on any atom is 0.220 e. The molecule has 456 valence electrons. The van der Waals surface area contributed by atoms with E-state index in [-0.39, 0.29) is 12.5 Å². The largest absolute Gasteiger partial charge is 0.394 e. The maximum atomic E-state index is 13.1. The van der Waals surface area contributed by atoms with Crippen LogP contribution in [-0.2, 0) is 14.3 Å². The summed E-state index contributed by atoms with van der Waals surface area (Å²) in [6.45, 7) is 3.87. The third-order valence-electron chi connectivity index (χ3n) is 16.6. The van der Waals surface area contributed by atoms with Gasteiger partial charge < -0.3 is 40.3 Å². The van der Waals surface area contributed by atoms with Gasteiger partial charge in [-0.1, -0.05) is 321 Å². The highest BCUT2D eigenvalue weighted by molar-refractivity contribution is 5.76. The highest BCUT2D eigenvalue weighted by Gasteiger charge is 2.44. The van der Waals surface area contributed by atoms with Gasteiger partial charge in [0, 0.05) is 6.42 Å². The maximum absolute atomic E-state index is 13.1. The average Bonchev–Trinajstić information content (AvgIpc) is 3.43. The molecule has 1 rings (SSSR count). The topological polar surface area (TPSA) is 149 Å². The lowest BCUT2D eigenvalue weighted by Crippen LogP contribution is -2.60. The van der Waals surface area contributed by atoms with Crippen molar-refractivity contribution in [3.8, 4) is 0 Å². The third-order valence-corrected chi connectivity index (χ3v) is 16.6. The van der Waals surface area contributed by atoms with E-state index in [4.69, 9.17) is 9.47 Å². The van der Waals surface area contributed by atoms with Crippen LogP contribution in [0.3, 0.4) is 0 Å². The summed E-state index contributed by atoms with van der Waals surface area (Å²) >= 11 is 0. The number of aliphatic hydroxyl groups excluding tert-OH is 5. The zero-order chi connectivity index (χ0) is 55.8. The minimum Gasteiger partial charge on any atom is -0.394 e. The van der Waals surface area contributed by atoms with Crippen molar-refractivity contribution in [2.45, 2.75) is 391 Å². The Balaban J connectivity index is 2.04. The molecule has 0 spiro atoms. The van der Waals surface area contributed by atoms with Crippen molar-refractivity contribution in [3.63, 3.8) is 0 Å². The van der Waals surface area contributed by atoms with Gasteiger partial charge >= 0.3 is 0 Å². The van der Waals surface area contributed by atoms with Crippen LogP contribution in [0.1, 0.15) is 348 Å². The van der Waals surface area contributed by atoms with E-state index >= 15 is 0 Å². The first-order chi connectivity index (χ1) is 37.8. The van der Waals surface area contributed by atoms with Crippen LogP contribution in [0.4, 0.5) is 0 Å². The molecule has 0 saturated carbocycles. The van der Waals surface area contributed by atoms with Crippen molar-refractivity contribution in [2.75, 3.05) is 13.2 Å². The fourth-order valence-electron chi connectivity index (χ4n) is 11.2. The quantitative estimate of drug-likeness (QED) is 0.0261. The summed E-state index contributed by atoms with van der Waals surface area (Å²) in [4.78, 5) is 13.1. The molecule has 9 heteroatoms. The van der Waals surface area contributed by atoms with Gasteiger partial charge in [-0.25, -0.2) is 0 Å². The van der Waals surface area contributed by atoms with Crippen LogP contribution in [0.5, 0.6) is 0 Å². The number of aliphatic hydroxyl groups is 5. The van der Waals surface area contributed by atoms with Crippen molar-refractivity contribution in [2.24, 2.45) is 0 Å². The number of nitrogens with one attached hydrogen (secondary N) is 1. The van der Waals surface area contributed by atoms with Crippen LogP contribution in [-0.4, -0.2) is 87.5 Å². The standard InChI is InChI=1S/C68H131NO8/c1-3-5-7-9-11-13-15-17-19-21-22-23-24-25-26-27-28-29-30-31-32-33-34-35-36-37-38-39-40-42-44-46-48-50-52-54-56-58-64(72)69-61(60-76-68-67(75)66(74)65(73)63(59-70)77-68)62(71)57-55-53-51-49-47-45-43-41-20-18-16-14-12-10-8-6-4-2/h15,17,21-22,61-63,65-68,70-71,73-75H,3-14,16,18-20,23-60H2,1-2H3,(H,69,72)/b17-15-,22-21-. The molecule has 0 aromatic heterocycles. The number of carbonyl (C=O) groups is 1. The van der Waals surface area contributed by atoms with E-state index in [1.807, 2.05) is 0 Å². The lowest BCUT2D eigenvalue weighted by Gasteiger charge is -2.40. The summed E-state index contributed by atoms with van der Waals surface area (Å²) in [6.07, 6.45) is 68.2. The molecule has 1 aliphatic heterocycles. The van der Waals surface area contributed by atoms with Crippen molar-refractivity contribution in [1.29, 1.82) is 0 Å². The predicted molar refractivity (Wildman–Crippen MR) is 327 cm³/mol. The second-order valence-electron chi connectivity index (χ2n) is 24.0. The van der Waals surface area contributed by atoms with Crippen LogP contribution in [0, 0.1) is 0 Å². The van der Waals surface area contributed by atoms with E-state index in [1.165, 1.54) is 276 Å². The lowest BCUT2D eigenvalue weighted by atomic mass is 9.99. The van der Waals surface area contributed by atoms with Gasteiger partial charge in [-0.05, 0) is 44.9 Å². The molecule has 6 N–H and O–H groups in total. The Morgan fingerprint density at radius 2 is 0.766 bits per heavy atom. The third kappa shape index (κ3) is 46.9. The van der Waals surface area contributed by atoms with Gasteiger partial charge in [-0.3, -0.25) is 4.79 Å². The zero-order valence-corrected chi connectivity index (χ0v) is 51.0. The molecule has 1 heterocycles. The van der Waals surface area contributed by atoms with Gasteiger partial charge in [0.15, 0.2) is 6.29 Å². The fourth-order valence-corrected chi connectivity index (χ4v) is 11.2. The van der Waals surface area contributed by atoms with Crippen molar-refractivity contribution >= 4 is 5.91 Å². The zero-order valence-electron chi connectivity index (χ0n) is 51.0. The minimum absolute atomic E-state index is 0.132. The lowest BCUT2D eigenvalue weighted by molar-refractivity contribution is -0.302. The Morgan fingerprint density at radius 3 is 1.12 bits per heavy atom. The number of carbonyl (C=O) groups excluding carboxylic acids is 1. The molecule has 77 heavy (non-hydrogen) atoms. The highest BCUT2D eigenvalue weighted by Crippen LogP contribution is 2.24. The molecule has 1 amide bonds. The van der Waals surface area contributed by atoms with Crippen molar-refractivity contribution in [3.05, 3.63) is 24.3 Å². The van der Waals surface area contributed by atoms with Gasteiger partial charge in [0.2, 0.25) is 5.91 Å². The van der Waals surface area contributed by atoms with E-state index in [0.717, 1.165) is 44.9 Å². The van der Waals surface area contributed by atoms with E-state index < -0.39 is 49.5 Å². The van der Waals surface area contributed by atoms with Gasteiger partial charge in [-0.15, -0.1) is 0 Å². The molecule has 1 saturated heterocycles. The van der Waals surface area contributed by atoms with Gasteiger partial charge in [0.1, 0.15) is 24.4 Å². The molecule has 0 aromatic rings. The average molecular weight is 1090 g/mol. The van der Waals surface area contributed by atoms with E-state index in [2.05, 4.69) is 43.5 Å². The Hall–Kier alpha value is -1.33. The van der Waals surface area contributed by atoms with Crippen LogP contribution in [0.15, 0.2) is 24.3 Å². The van der Waals surface area contributed by atoms with Crippen molar-refractivity contribution in [1.82, 2.24) is 5.32 Å². The second-order valence-corrected chi connectivity index (χ2v) is 24.0. The summed E-state index contributed by atoms with van der Waals surface area (Å²) in [6, 6.07) is -0.716. The number of unbranched alkanes of at least 4 members (excludes halogenated alkanes) is 46. The Bertz CT molecular complexity index is 1260. The number of hydrogen-bond donors (Lipinski definition) is 6. The molecular weight excluding hydrogens is 959 g/mol. The molecule has 0 radical (unpaired) electrons. The molecule has 0 aromatic carbocycles. The second kappa shape index (κ2) is 57.9. The number of rotatable bonds is 60. The van der Waals surface area contributed by atoms with Crippen LogP contribution >= 0.6 is 0 Å². The minimum atomic E-state index is -1.55. The summed E-state index contributed by atoms with van der Waals surface area (Å²) in [5.41, 5.74) is 0. The molecule has 7 atom stereocenters. The number of ether oxygens (including phenoxy) is 2. The van der Waals surface area contributed by atoms with Gasteiger partial charge in [0.05, 0.1) is 25.4 Å². The summed E-state index contributed by atoms with van der Waals surface area (Å²) in [7, 11) is 0.